The molecule has 0 aliphatic rings. The molecule has 18 heavy (non-hydrogen) atoms. The van der Waals surface area contributed by atoms with Crippen LogP contribution in [-0.2, 0) is 12.7 Å². The maximum atomic E-state index is 12.3. The van der Waals surface area contributed by atoms with E-state index in [0.717, 1.165) is 19.0 Å². The first kappa shape index (κ1) is 15.0. The van der Waals surface area contributed by atoms with E-state index in [1.54, 1.807) is 0 Å². The maximum absolute atomic E-state index is 12.3. The molecule has 3 nitrogen and oxygen atoms in total. The second kappa shape index (κ2) is 5.73. The number of hydrogen-bond acceptors (Lipinski definition) is 2. The molecule has 6 heteroatoms. The minimum absolute atomic E-state index is 0.266. The van der Waals surface area contributed by atoms with E-state index in [4.69, 9.17) is 0 Å². The van der Waals surface area contributed by atoms with E-state index < -0.39 is 11.9 Å². The van der Waals surface area contributed by atoms with E-state index in [2.05, 4.69) is 31.2 Å². The monoisotopic (exact) mass is 263 g/mol. The van der Waals surface area contributed by atoms with E-state index in [0.29, 0.717) is 13.1 Å². The zero-order valence-corrected chi connectivity index (χ0v) is 11.0. The minimum Gasteiger partial charge on any atom is -0.315 e. The predicted molar refractivity (Wildman–Crippen MR) is 64.2 cm³/mol. The fourth-order valence-electron chi connectivity index (χ4n) is 1.42. The van der Waals surface area contributed by atoms with Gasteiger partial charge >= 0.3 is 6.18 Å². The Kier molecular flexibility index (Phi) is 4.78. The normalized spacial score (nSPS) is 13.0. The zero-order valence-electron chi connectivity index (χ0n) is 11.0. The van der Waals surface area contributed by atoms with Gasteiger partial charge in [0.2, 0.25) is 0 Å². The maximum Gasteiger partial charge on any atom is 0.435 e. The van der Waals surface area contributed by atoms with Gasteiger partial charge in [-0.05, 0) is 24.4 Å². The molecule has 0 aromatic carbocycles. The molecule has 1 N–H and O–H groups in total. The van der Waals surface area contributed by atoms with Gasteiger partial charge in [-0.3, -0.25) is 4.68 Å². The van der Waals surface area contributed by atoms with Crippen LogP contribution in [0.3, 0.4) is 0 Å². The van der Waals surface area contributed by atoms with E-state index in [1.165, 1.54) is 10.9 Å². The van der Waals surface area contributed by atoms with E-state index in [9.17, 15) is 13.2 Å². The summed E-state index contributed by atoms with van der Waals surface area (Å²) in [5.74, 6) is 0. The van der Waals surface area contributed by atoms with Gasteiger partial charge in [-0.15, -0.1) is 0 Å². The molecule has 0 unspecified atom stereocenters. The Labute approximate surface area is 105 Å². The van der Waals surface area contributed by atoms with Gasteiger partial charge in [-0.25, -0.2) is 0 Å². The molecule has 0 saturated carbocycles. The van der Waals surface area contributed by atoms with Crippen LogP contribution in [0, 0.1) is 5.41 Å². The lowest BCUT2D eigenvalue weighted by Crippen LogP contribution is -2.24. The first-order valence-corrected chi connectivity index (χ1v) is 6.00. The Balaban J connectivity index is 2.26. The average Bonchev–Trinajstić information content (AvgIpc) is 2.63. The molecule has 104 valence electrons. The standard InChI is InChI=1S/C12H20F3N3/c1-11(2,3)5-6-16-7-9-18-8-4-10(17-18)12(13,14)15/h4,8,16H,5-7,9H2,1-3H3. The summed E-state index contributed by atoms with van der Waals surface area (Å²) in [7, 11) is 0. The highest BCUT2D eigenvalue weighted by Gasteiger charge is 2.33. The second-order valence-electron chi connectivity index (χ2n) is 5.52. The Morgan fingerprint density at radius 1 is 1.22 bits per heavy atom. The van der Waals surface area contributed by atoms with Gasteiger partial charge in [0.25, 0.3) is 0 Å². The summed E-state index contributed by atoms with van der Waals surface area (Å²) in [6.45, 7) is 8.37. The predicted octanol–water partition coefficient (Wildman–Crippen LogP) is 2.93. The van der Waals surface area contributed by atoms with Crippen LogP contribution in [0.25, 0.3) is 0 Å². The van der Waals surface area contributed by atoms with Crippen LogP contribution >= 0.6 is 0 Å². The van der Waals surface area contributed by atoms with E-state index in [1.807, 2.05) is 0 Å². The summed E-state index contributed by atoms with van der Waals surface area (Å²) in [5.41, 5.74) is -0.570. The van der Waals surface area contributed by atoms with Gasteiger partial charge in [-0.2, -0.15) is 18.3 Å². The molecule has 0 radical (unpaired) electrons. The summed E-state index contributed by atoms with van der Waals surface area (Å²) < 4.78 is 38.2. The number of nitrogens with zero attached hydrogens (tertiary/aromatic N) is 2. The molecule has 0 bridgehead atoms. The molecule has 0 saturated heterocycles. The van der Waals surface area contributed by atoms with Gasteiger partial charge in [0.05, 0.1) is 6.54 Å². The number of rotatable bonds is 5. The summed E-state index contributed by atoms with van der Waals surface area (Å²) in [6.07, 6.45) is -1.97. The van der Waals surface area contributed by atoms with Gasteiger partial charge in [0, 0.05) is 12.7 Å². The number of nitrogens with one attached hydrogen (secondary N) is 1. The largest absolute Gasteiger partial charge is 0.435 e. The van der Waals surface area contributed by atoms with Crippen molar-refractivity contribution in [2.75, 3.05) is 13.1 Å². The van der Waals surface area contributed by atoms with Crippen molar-refractivity contribution < 1.29 is 13.2 Å². The summed E-state index contributed by atoms with van der Waals surface area (Å²) in [6, 6.07) is 0.995. The minimum atomic E-state index is -4.36. The van der Waals surface area contributed by atoms with Crippen molar-refractivity contribution in [3.8, 4) is 0 Å². The molecule has 0 fully saturated rings. The van der Waals surface area contributed by atoms with Crippen LogP contribution in [0.5, 0.6) is 0 Å². The molecule has 0 atom stereocenters. The Morgan fingerprint density at radius 2 is 1.89 bits per heavy atom. The lowest BCUT2D eigenvalue weighted by atomic mass is 9.92. The fourth-order valence-corrected chi connectivity index (χ4v) is 1.42. The topological polar surface area (TPSA) is 29.9 Å². The van der Waals surface area contributed by atoms with E-state index in [-0.39, 0.29) is 5.41 Å². The summed E-state index contributed by atoms with van der Waals surface area (Å²) in [5, 5.41) is 6.68. The van der Waals surface area contributed by atoms with Gasteiger partial charge < -0.3 is 5.32 Å². The van der Waals surface area contributed by atoms with Crippen molar-refractivity contribution >= 4 is 0 Å². The Morgan fingerprint density at radius 3 is 2.39 bits per heavy atom. The van der Waals surface area contributed by atoms with Gasteiger partial charge in [0.15, 0.2) is 5.69 Å². The van der Waals surface area contributed by atoms with Crippen LogP contribution in [-0.4, -0.2) is 22.9 Å². The number of hydrogen-bond donors (Lipinski definition) is 1. The Hall–Kier alpha value is -1.04. The molecule has 1 aromatic heterocycles. The lowest BCUT2D eigenvalue weighted by molar-refractivity contribution is -0.141. The molecule has 1 aromatic rings. The molecule has 0 amide bonds. The third-order valence-corrected chi connectivity index (χ3v) is 2.50. The number of aromatic nitrogens is 2. The van der Waals surface area contributed by atoms with Crippen LogP contribution in [0.15, 0.2) is 12.3 Å². The number of halogens is 3. The molecule has 0 aliphatic heterocycles. The highest BCUT2D eigenvalue weighted by atomic mass is 19.4. The van der Waals surface area contributed by atoms with Crippen molar-refractivity contribution in [2.45, 2.75) is 39.9 Å². The Bertz CT molecular complexity index is 363. The lowest BCUT2D eigenvalue weighted by Gasteiger charge is -2.18. The first-order valence-electron chi connectivity index (χ1n) is 6.00. The molecule has 0 spiro atoms. The summed E-state index contributed by atoms with van der Waals surface area (Å²) in [4.78, 5) is 0. The molecule has 1 rings (SSSR count). The average molecular weight is 263 g/mol. The zero-order chi connectivity index (χ0) is 13.8. The van der Waals surface area contributed by atoms with Crippen LogP contribution in [0.2, 0.25) is 0 Å². The van der Waals surface area contributed by atoms with Crippen LogP contribution in [0.1, 0.15) is 32.9 Å². The van der Waals surface area contributed by atoms with Crippen LogP contribution in [0.4, 0.5) is 13.2 Å². The van der Waals surface area contributed by atoms with Crippen molar-refractivity contribution in [1.29, 1.82) is 0 Å². The van der Waals surface area contributed by atoms with Crippen molar-refractivity contribution in [3.05, 3.63) is 18.0 Å². The van der Waals surface area contributed by atoms with Crippen molar-refractivity contribution in [3.63, 3.8) is 0 Å². The van der Waals surface area contributed by atoms with Crippen molar-refractivity contribution in [1.82, 2.24) is 15.1 Å². The summed E-state index contributed by atoms with van der Waals surface area (Å²) >= 11 is 0. The SMILES string of the molecule is CC(C)(C)CCNCCn1ccc(C(F)(F)F)n1. The van der Waals surface area contributed by atoms with Gasteiger partial charge in [0.1, 0.15) is 0 Å². The van der Waals surface area contributed by atoms with Crippen LogP contribution < -0.4 is 5.32 Å². The third kappa shape index (κ3) is 5.53. The smallest absolute Gasteiger partial charge is 0.315 e. The molecule has 1 heterocycles. The highest BCUT2D eigenvalue weighted by Crippen LogP contribution is 2.27. The van der Waals surface area contributed by atoms with E-state index >= 15 is 0 Å². The molecular weight excluding hydrogens is 243 g/mol. The van der Waals surface area contributed by atoms with Crippen molar-refractivity contribution in [2.24, 2.45) is 5.41 Å². The number of alkyl halides is 3. The first-order chi connectivity index (χ1) is 8.18. The quantitative estimate of drug-likeness (QED) is 0.828. The molecular formula is C12H20F3N3. The third-order valence-electron chi connectivity index (χ3n) is 2.50. The van der Waals surface area contributed by atoms with Gasteiger partial charge in [-0.1, -0.05) is 20.8 Å². The molecule has 0 aliphatic carbocycles. The second-order valence-corrected chi connectivity index (χ2v) is 5.52. The fraction of sp³-hybridized carbons (Fsp3) is 0.750. The highest BCUT2D eigenvalue weighted by molar-refractivity contribution is 5.03.